The summed E-state index contributed by atoms with van der Waals surface area (Å²) in [4.78, 5) is 0. The minimum atomic E-state index is 1.16. The second-order valence-corrected chi connectivity index (χ2v) is 3.20. The number of hydrogen-bond donors (Lipinski definition) is 0. The molecule has 0 radical (unpaired) electrons. The monoisotopic (exact) mass is 210 g/mol. The van der Waals surface area contributed by atoms with Crippen molar-refractivity contribution in [2.24, 2.45) is 0 Å². The van der Waals surface area contributed by atoms with Crippen molar-refractivity contribution < 1.29 is 0 Å². The predicted octanol–water partition coefficient (Wildman–Crippen LogP) is 5.02. The minimum absolute atomic E-state index is 1.16. The van der Waals surface area contributed by atoms with E-state index in [-0.39, 0.29) is 0 Å². The molecule has 0 aliphatic carbocycles. The summed E-state index contributed by atoms with van der Waals surface area (Å²) in [6, 6.07) is 18.7. The lowest BCUT2D eigenvalue weighted by Gasteiger charge is -2.01. The maximum Gasteiger partial charge on any atom is -0.0178 e. The van der Waals surface area contributed by atoms with Crippen LogP contribution >= 0.6 is 0 Å². The molecule has 0 unspecified atom stereocenters. The van der Waals surface area contributed by atoms with Gasteiger partial charge in [0.05, 0.1) is 0 Å². The third-order valence-electron chi connectivity index (χ3n) is 2.23. The van der Waals surface area contributed by atoms with Gasteiger partial charge in [0.25, 0.3) is 0 Å². The summed E-state index contributed by atoms with van der Waals surface area (Å²) >= 11 is 0. The van der Waals surface area contributed by atoms with E-state index >= 15 is 0 Å². The lowest BCUT2D eigenvalue weighted by Crippen LogP contribution is -1.77. The fourth-order valence-electron chi connectivity index (χ4n) is 1.48. The zero-order chi connectivity index (χ0) is 11.8. The molecule has 0 aliphatic heterocycles. The van der Waals surface area contributed by atoms with Crippen LogP contribution in [0.15, 0.2) is 61.2 Å². The van der Waals surface area contributed by atoms with Crippen molar-refractivity contribution in [1.82, 2.24) is 0 Å². The molecule has 2 aromatic rings. The van der Waals surface area contributed by atoms with Gasteiger partial charge in [0.15, 0.2) is 0 Å². The van der Waals surface area contributed by atoms with Crippen molar-refractivity contribution in [2.45, 2.75) is 13.8 Å². The van der Waals surface area contributed by atoms with E-state index in [2.05, 4.69) is 55.1 Å². The van der Waals surface area contributed by atoms with Gasteiger partial charge >= 0.3 is 0 Å². The van der Waals surface area contributed by atoms with Crippen LogP contribution in [0.25, 0.3) is 17.2 Å². The summed E-state index contributed by atoms with van der Waals surface area (Å²) in [7, 11) is 0. The summed E-state index contributed by atoms with van der Waals surface area (Å²) in [6.07, 6.45) is 1.87. The van der Waals surface area contributed by atoms with Gasteiger partial charge in [0, 0.05) is 0 Å². The summed E-state index contributed by atoms with van der Waals surface area (Å²) in [5.41, 5.74) is 3.64. The zero-order valence-corrected chi connectivity index (χ0v) is 9.98. The first kappa shape index (κ1) is 12.3. The van der Waals surface area contributed by atoms with Gasteiger partial charge in [-0.2, -0.15) is 0 Å². The molecular weight excluding hydrogens is 192 g/mol. The van der Waals surface area contributed by atoms with Crippen molar-refractivity contribution in [1.29, 1.82) is 0 Å². The van der Waals surface area contributed by atoms with Crippen LogP contribution in [0.3, 0.4) is 0 Å². The minimum Gasteiger partial charge on any atom is -0.0985 e. The first-order valence-electron chi connectivity index (χ1n) is 5.68. The van der Waals surface area contributed by atoms with Gasteiger partial charge < -0.3 is 0 Å². The topological polar surface area (TPSA) is 0 Å². The van der Waals surface area contributed by atoms with Gasteiger partial charge in [-0.3, -0.25) is 0 Å². The Balaban J connectivity index is 0.000000606. The Morgan fingerprint density at radius 3 is 2.06 bits per heavy atom. The number of hydrogen-bond acceptors (Lipinski definition) is 0. The Kier molecular flexibility index (Phi) is 5.07. The molecule has 0 atom stereocenters. The molecule has 2 rings (SSSR count). The molecule has 0 N–H and O–H groups in total. The van der Waals surface area contributed by atoms with Crippen molar-refractivity contribution >= 4 is 6.08 Å². The summed E-state index contributed by atoms with van der Waals surface area (Å²) in [5, 5.41) is 0. The van der Waals surface area contributed by atoms with Crippen LogP contribution in [-0.2, 0) is 0 Å². The maximum absolute atomic E-state index is 3.77. The van der Waals surface area contributed by atoms with Crippen molar-refractivity contribution in [2.75, 3.05) is 0 Å². The standard InChI is InChI=1S/C14H12.C2H6/c1-2-12-7-6-10-14(11-12)13-8-4-3-5-9-13;1-2/h2-11H,1H2;1-2H3. The van der Waals surface area contributed by atoms with Crippen LogP contribution in [0.2, 0.25) is 0 Å². The van der Waals surface area contributed by atoms with Crippen LogP contribution in [0.1, 0.15) is 19.4 Å². The predicted molar refractivity (Wildman–Crippen MR) is 73.3 cm³/mol. The molecule has 16 heavy (non-hydrogen) atoms. The first-order chi connectivity index (χ1) is 7.90. The lowest BCUT2D eigenvalue weighted by molar-refractivity contribution is 1.50. The molecule has 0 aromatic heterocycles. The van der Waals surface area contributed by atoms with E-state index < -0.39 is 0 Å². The Labute approximate surface area is 98.3 Å². The second-order valence-electron chi connectivity index (χ2n) is 3.20. The number of benzene rings is 2. The van der Waals surface area contributed by atoms with Crippen LogP contribution in [0.5, 0.6) is 0 Å². The summed E-state index contributed by atoms with van der Waals surface area (Å²) in [5.74, 6) is 0. The Morgan fingerprint density at radius 1 is 0.812 bits per heavy atom. The largest absolute Gasteiger partial charge is 0.0985 e. The molecule has 0 fully saturated rings. The van der Waals surface area contributed by atoms with Crippen molar-refractivity contribution in [3.05, 3.63) is 66.7 Å². The fourth-order valence-corrected chi connectivity index (χ4v) is 1.48. The average molecular weight is 210 g/mol. The van der Waals surface area contributed by atoms with E-state index in [4.69, 9.17) is 0 Å². The average Bonchev–Trinajstić information content (AvgIpc) is 2.42. The van der Waals surface area contributed by atoms with E-state index in [0.29, 0.717) is 0 Å². The normalized spacial score (nSPS) is 8.88. The van der Waals surface area contributed by atoms with E-state index in [0.717, 1.165) is 5.56 Å². The molecule has 0 heterocycles. The summed E-state index contributed by atoms with van der Waals surface area (Å²) < 4.78 is 0. The van der Waals surface area contributed by atoms with Gasteiger partial charge in [-0.1, -0.05) is 75.0 Å². The quantitative estimate of drug-likeness (QED) is 0.652. The van der Waals surface area contributed by atoms with Crippen LogP contribution < -0.4 is 0 Å². The smallest absolute Gasteiger partial charge is 0.0178 e. The van der Waals surface area contributed by atoms with E-state index in [1.54, 1.807) is 0 Å². The Bertz CT molecular complexity index is 427. The number of rotatable bonds is 2. The SMILES string of the molecule is C=Cc1cccc(-c2ccccc2)c1.CC. The maximum atomic E-state index is 3.77. The highest BCUT2D eigenvalue weighted by atomic mass is 14.0. The molecular formula is C16H18. The third-order valence-corrected chi connectivity index (χ3v) is 2.23. The molecule has 0 spiro atoms. The first-order valence-corrected chi connectivity index (χ1v) is 5.68. The van der Waals surface area contributed by atoms with Crippen LogP contribution in [-0.4, -0.2) is 0 Å². The van der Waals surface area contributed by atoms with E-state index in [9.17, 15) is 0 Å². The Morgan fingerprint density at radius 2 is 1.44 bits per heavy atom. The summed E-state index contributed by atoms with van der Waals surface area (Å²) in [6.45, 7) is 7.77. The Hall–Kier alpha value is -1.82. The highest BCUT2D eigenvalue weighted by molar-refractivity contribution is 5.66. The van der Waals surface area contributed by atoms with Crippen molar-refractivity contribution in [3.63, 3.8) is 0 Å². The highest BCUT2D eigenvalue weighted by Crippen LogP contribution is 2.20. The van der Waals surface area contributed by atoms with Gasteiger partial charge in [-0.25, -0.2) is 0 Å². The molecule has 0 bridgehead atoms. The molecule has 0 saturated carbocycles. The van der Waals surface area contributed by atoms with Gasteiger partial charge in [-0.05, 0) is 22.8 Å². The third kappa shape index (κ3) is 3.09. The molecule has 0 heteroatoms. The van der Waals surface area contributed by atoms with E-state index in [1.807, 2.05) is 26.0 Å². The van der Waals surface area contributed by atoms with Crippen LogP contribution in [0.4, 0.5) is 0 Å². The molecule has 0 amide bonds. The molecule has 2 aromatic carbocycles. The second kappa shape index (κ2) is 6.62. The molecule has 0 aliphatic rings. The van der Waals surface area contributed by atoms with Gasteiger partial charge in [0.2, 0.25) is 0 Å². The highest BCUT2D eigenvalue weighted by Gasteiger charge is 1.95. The zero-order valence-electron chi connectivity index (χ0n) is 9.98. The van der Waals surface area contributed by atoms with E-state index in [1.165, 1.54) is 11.1 Å². The fraction of sp³-hybridized carbons (Fsp3) is 0.125. The van der Waals surface area contributed by atoms with Gasteiger partial charge in [0.1, 0.15) is 0 Å². The molecule has 0 nitrogen and oxygen atoms in total. The molecule has 82 valence electrons. The van der Waals surface area contributed by atoms with Crippen molar-refractivity contribution in [3.8, 4) is 11.1 Å². The lowest BCUT2D eigenvalue weighted by atomic mass is 10.0. The van der Waals surface area contributed by atoms with Crippen LogP contribution in [0, 0.1) is 0 Å². The molecule has 0 saturated heterocycles. The van der Waals surface area contributed by atoms with Gasteiger partial charge in [-0.15, -0.1) is 0 Å².